The van der Waals surface area contributed by atoms with Gasteiger partial charge < -0.3 is 4.57 Å². The Morgan fingerprint density at radius 2 is 1.14 bits per heavy atom. The van der Waals surface area contributed by atoms with Crippen LogP contribution in [-0.2, 0) is 0 Å². The van der Waals surface area contributed by atoms with Crippen molar-refractivity contribution >= 4 is 67.4 Å². The molecule has 1 aromatic heterocycles. The Balaban J connectivity index is 1.45. The normalized spacial score (nSPS) is 12.0. The van der Waals surface area contributed by atoms with Crippen LogP contribution in [0.15, 0.2) is 121 Å². The Kier molecular flexibility index (Phi) is 3.96. The number of para-hydroxylation sites is 2. The summed E-state index contributed by atoms with van der Waals surface area (Å²) in [6.45, 7) is 0. The van der Waals surface area contributed by atoms with Gasteiger partial charge in [-0.25, -0.2) is 0 Å². The minimum Gasteiger partial charge on any atom is -0.309 e. The highest BCUT2D eigenvalue weighted by atomic mass is 15.0. The lowest BCUT2D eigenvalue weighted by Gasteiger charge is -2.15. The number of nitrogens with zero attached hydrogens (tertiary/aromatic N) is 1. The van der Waals surface area contributed by atoms with Crippen LogP contribution in [0.1, 0.15) is 0 Å². The Labute approximate surface area is 210 Å². The third-order valence-electron chi connectivity index (χ3n) is 7.70. The molecule has 2 radical (unpaired) electrons. The number of rotatable bonds is 2. The summed E-state index contributed by atoms with van der Waals surface area (Å²) in [4.78, 5) is 0. The molecule has 7 aromatic carbocycles. The van der Waals surface area contributed by atoms with Crippen LogP contribution >= 0.6 is 0 Å². The molecule has 0 saturated heterocycles. The van der Waals surface area contributed by atoms with Crippen LogP contribution in [0.2, 0.25) is 0 Å². The number of hydrogen-bond donors (Lipinski definition) is 0. The van der Waals surface area contributed by atoms with Crippen molar-refractivity contribution in [3.05, 3.63) is 121 Å². The van der Waals surface area contributed by atoms with Gasteiger partial charge >= 0.3 is 0 Å². The largest absolute Gasteiger partial charge is 0.309 e. The molecule has 0 amide bonds. The molecule has 0 N–H and O–H groups in total. The van der Waals surface area contributed by atoms with Crippen molar-refractivity contribution in [2.75, 3.05) is 0 Å². The van der Waals surface area contributed by atoms with Gasteiger partial charge in [0.25, 0.3) is 0 Å². The highest BCUT2D eigenvalue weighted by Crippen LogP contribution is 2.40. The van der Waals surface area contributed by atoms with Crippen LogP contribution in [0.25, 0.3) is 70.9 Å². The molecule has 1 nitrogen and oxygen atoms in total. The van der Waals surface area contributed by atoms with Gasteiger partial charge in [-0.1, -0.05) is 96.5 Å². The highest BCUT2D eigenvalue weighted by molar-refractivity contribution is 6.42. The van der Waals surface area contributed by atoms with Gasteiger partial charge in [-0.2, -0.15) is 0 Å². The van der Waals surface area contributed by atoms with Crippen LogP contribution in [0, 0.1) is 0 Å². The third kappa shape index (κ3) is 2.62. The Hall–Kier alpha value is -4.56. The van der Waals surface area contributed by atoms with Gasteiger partial charge in [-0.05, 0) is 73.8 Å². The van der Waals surface area contributed by atoms with Crippen molar-refractivity contribution in [1.82, 2.24) is 4.57 Å². The quantitative estimate of drug-likeness (QED) is 0.184. The lowest BCUT2D eigenvalue weighted by Crippen LogP contribution is -2.03. The van der Waals surface area contributed by atoms with Crippen LogP contribution in [0.5, 0.6) is 0 Å². The summed E-state index contributed by atoms with van der Waals surface area (Å²) in [7, 11) is 6.38. The summed E-state index contributed by atoms with van der Waals surface area (Å²) in [6.07, 6.45) is 0. The van der Waals surface area contributed by atoms with Gasteiger partial charge in [-0.3, -0.25) is 0 Å². The topological polar surface area (TPSA) is 4.93 Å². The SMILES string of the molecule is [B]c1ccc2ccc3c(-c4ccc5c(c4)c4ccccc4n5-c4ccccc4)ccc4ccc1c2c43. The zero-order valence-corrected chi connectivity index (χ0v) is 19.6. The average molecular weight is 453 g/mol. The molecular weight excluding hydrogens is 433 g/mol. The Bertz CT molecular complexity index is 2100. The molecule has 0 aliphatic carbocycles. The summed E-state index contributed by atoms with van der Waals surface area (Å²) < 4.78 is 2.36. The number of aromatic nitrogens is 1. The molecule has 0 aliphatic rings. The van der Waals surface area contributed by atoms with Crippen LogP contribution in [-0.4, -0.2) is 12.4 Å². The molecule has 8 aromatic rings. The van der Waals surface area contributed by atoms with Gasteiger partial charge in [0.1, 0.15) is 7.85 Å². The molecule has 0 spiro atoms. The molecule has 0 atom stereocenters. The van der Waals surface area contributed by atoms with E-state index in [9.17, 15) is 0 Å². The van der Waals surface area contributed by atoms with Crippen molar-refractivity contribution in [3.63, 3.8) is 0 Å². The molecule has 36 heavy (non-hydrogen) atoms. The number of fused-ring (bicyclic) bond motifs is 3. The number of hydrogen-bond acceptors (Lipinski definition) is 0. The second-order valence-electron chi connectivity index (χ2n) is 9.61. The molecule has 2 heteroatoms. The molecule has 0 bridgehead atoms. The minimum atomic E-state index is 0.831. The summed E-state index contributed by atoms with van der Waals surface area (Å²) in [6, 6.07) is 43.7. The Morgan fingerprint density at radius 3 is 2.00 bits per heavy atom. The lowest BCUT2D eigenvalue weighted by atomic mass is 9.84. The lowest BCUT2D eigenvalue weighted by molar-refractivity contribution is 1.18. The molecule has 164 valence electrons. The van der Waals surface area contributed by atoms with E-state index >= 15 is 0 Å². The van der Waals surface area contributed by atoms with Crippen molar-refractivity contribution in [2.45, 2.75) is 0 Å². The fourth-order valence-electron chi connectivity index (χ4n) is 6.07. The van der Waals surface area contributed by atoms with E-state index in [0.717, 1.165) is 10.8 Å². The molecule has 1 heterocycles. The van der Waals surface area contributed by atoms with E-state index in [1.54, 1.807) is 0 Å². The minimum absolute atomic E-state index is 0.831. The first-order chi connectivity index (χ1) is 17.8. The smallest absolute Gasteiger partial charge is 0.114 e. The van der Waals surface area contributed by atoms with E-state index in [4.69, 9.17) is 7.85 Å². The fraction of sp³-hybridized carbons (Fsp3) is 0. The van der Waals surface area contributed by atoms with Gasteiger partial charge in [0.15, 0.2) is 0 Å². The molecular formula is C34H20BN. The van der Waals surface area contributed by atoms with E-state index in [1.807, 2.05) is 6.07 Å². The van der Waals surface area contributed by atoms with Gasteiger partial charge in [0, 0.05) is 16.5 Å². The fourth-order valence-corrected chi connectivity index (χ4v) is 6.07. The van der Waals surface area contributed by atoms with Crippen LogP contribution in [0.4, 0.5) is 0 Å². The van der Waals surface area contributed by atoms with E-state index in [1.165, 1.54) is 65.6 Å². The molecule has 0 unspecified atom stereocenters. The van der Waals surface area contributed by atoms with Crippen molar-refractivity contribution in [1.29, 1.82) is 0 Å². The van der Waals surface area contributed by atoms with E-state index < -0.39 is 0 Å². The first-order valence-corrected chi connectivity index (χ1v) is 12.3. The van der Waals surface area contributed by atoms with E-state index in [-0.39, 0.29) is 0 Å². The van der Waals surface area contributed by atoms with E-state index in [0.29, 0.717) is 0 Å². The Morgan fingerprint density at radius 1 is 0.472 bits per heavy atom. The number of benzene rings is 7. The standard InChI is InChI=1S/C34H20BN/c35-30-18-13-22-11-16-27-25(15-10-21-12-17-28(30)34(22)33(21)27)23-14-19-32-29(20-23)26-8-4-5-9-31(26)36(32)24-6-2-1-3-7-24/h1-20H. The van der Waals surface area contributed by atoms with Crippen LogP contribution in [0.3, 0.4) is 0 Å². The summed E-state index contributed by atoms with van der Waals surface area (Å²) in [5, 5.41) is 9.96. The molecule has 0 saturated carbocycles. The second kappa shape index (κ2) is 7.22. The zero-order chi connectivity index (χ0) is 23.8. The predicted molar refractivity (Wildman–Crippen MR) is 155 cm³/mol. The first-order valence-electron chi connectivity index (χ1n) is 12.3. The average Bonchev–Trinajstić information content (AvgIpc) is 3.27. The van der Waals surface area contributed by atoms with Gasteiger partial charge in [0.05, 0.1) is 11.0 Å². The maximum atomic E-state index is 6.38. The predicted octanol–water partition coefficient (Wildman–Crippen LogP) is 8.14. The monoisotopic (exact) mass is 453 g/mol. The maximum Gasteiger partial charge on any atom is 0.114 e. The van der Waals surface area contributed by atoms with Crippen LogP contribution < -0.4 is 5.46 Å². The highest BCUT2D eigenvalue weighted by Gasteiger charge is 2.16. The summed E-state index contributed by atoms with van der Waals surface area (Å²) >= 11 is 0. The van der Waals surface area contributed by atoms with Gasteiger partial charge in [-0.15, -0.1) is 0 Å². The molecule has 0 fully saturated rings. The molecule has 0 aliphatic heterocycles. The summed E-state index contributed by atoms with van der Waals surface area (Å²) in [5.74, 6) is 0. The third-order valence-corrected chi connectivity index (χ3v) is 7.70. The molecule has 8 rings (SSSR count). The van der Waals surface area contributed by atoms with Gasteiger partial charge in [0.2, 0.25) is 0 Å². The van der Waals surface area contributed by atoms with E-state index in [2.05, 4.69) is 120 Å². The second-order valence-corrected chi connectivity index (χ2v) is 9.61. The summed E-state index contributed by atoms with van der Waals surface area (Å²) in [5.41, 5.74) is 6.93. The maximum absolute atomic E-state index is 6.38. The van der Waals surface area contributed by atoms with Crippen molar-refractivity contribution < 1.29 is 0 Å². The first kappa shape index (κ1) is 19.7. The van der Waals surface area contributed by atoms with Crippen molar-refractivity contribution in [2.24, 2.45) is 0 Å². The van der Waals surface area contributed by atoms with Crippen molar-refractivity contribution in [3.8, 4) is 16.8 Å². The zero-order valence-electron chi connectivity index (χ0n) is 19.6.